The number of halogens is 2. The minimum atomic E-state index is -0.659. The van der Waals surface area contributed by atoms with E-state index in [4.69, 9.17) is 38.8 Å². The highest BCUT2D eigenvalue weighted by molar-refractivity contribution is 6.42. The van der Waals surface area contributed by atoms with Gasteiger partial charge in [0.25, 0.3) is 5.56 Å². The number of allylic oxidation sites excluding steroid dienone is 1. The lowest BCUT2D eigenvalue weighted by molar-refractivity contribution is 0.318. The number of aliphatic hydroxyl groups excluding tert-OH is 1. The second kappa shape index (κ2) is 8.49. The Morgan fingerprint density at radius 3 is 2.52 bits per heavy atom. The van der Waals surface area contributed by atoms with Gasteiger partial charge in [0.1, 0.15) is 17.4 Å². The van der Waals surface area contributed by atoms with Crippen LogP contribution < -0.4 is 16.0 Å². The first-order valence-corrected chi connectivity index (χ1v) is 8.86. The molecule has 0 saturated heterocycles. The van der Waals surface area contributed by atoms with E-state index < -0.39 is 5.92 Å². The van der Waals surface area contributed by atoms with Gasteiger partial charge in [-0.2, -0.15) is 5.26 Å². The molecule has 1 atom stereocenters. The Bertz CT molecular complexity index is 1010. The number of nitrogens with two attached hydrogens (primary N) is 1. The lowest BCUT2D eigenvalue weighted by atomic mass is 9.84. The third kappa shape index (κ3) is 3.96. The number of ether oxygens (including phenoxy) is 1. The first-order valence-electron chi connectivity index (χ1n) is 8.10. The number of rotatable bonds is 1. The maximum Gasteiger partial charge on any atom is 0.258 e. The van der Waals surface area contributed by atoms with Crippen molar-refractivity contribution in [3.05, 3.63) is 72.9 Å². The highest BCUT2D eigenvalue weighted by Crippen LogP contribution is 2.41. The number of aryl methyl sites for hydroxylation is 1. The Labute approximate surface area is 167 Å². The zero-order valence-corrected chi connectivity index (χ0v) is 16.6. The number of aromatic nitrogens is 1. The maximum absolute atomic E-state index is 12.8. The zero-order valence-electron chi connectivity index (χ0n) is 15.1. The first-order chi connectivity index (χ1) is 12.8. The molecule has 0 aliphatic carbocycles. The number of benzene rings is 1. The lowest BCUT2D eigenvalue weighted by Gasteiger charge is -2.27. The molecule has 3 rings (SSSR count). The molecule has 0 radical (unpaired) electrons. The fourth-order valence-electron chi connectivity index (χ4n) is 2.77. The van der Waals surface area contributed by atoms with Gasteiger partial charge in [0.05, 0.1) is 21.5 Å². The van der Waals surface area contributed by atoms with Crippen LogP contribution in [0.3, 0.4) is 0 Å². The first kappa shape index (κ1) is 20.8. The van der Waals surface area contributed by atoms with Crippen LogP contribution in [0.5, 0.6) is 5.75 Å². The molecular formula is C19H19Cl2N3O3. The SMILES string of the molecule is CCO.Cc1cc2c(c(=O)n1C)[C@H](c1ccc(Cl)c(Cl)c1)C(C#N)=C(N)O2. The molecule has 1 aliphatic rings. The Morgan fingerprint density at radius 1 is 1.33 bits per heavy atom. The molecular weight excluding hydrogens is 389 g/mol. The van der Waals surface area contributed by atoms with Gasteiger partial charge in [0.15, 0.2) is 0 Å². The van der Waals surface area contributed by atoms with Gasteiger partial charge in [-0.1, -0.05) is 29.3 Å². The Balaban J connectivity index is 0.000000817. The van der Waals surface area contributed by atoms with Crippen molar-refractivity contribution in [3.63, 3.8) is 0 Å². The zero-order chi connectivity index (χ0) is 20.3. The largest absolute Gasteiger partial charge is 0.440 e. The second-order valence-corrected chi connectivity index (χ2v) is 6.66. The second-order valence-electron chi connectivity index (χ2n) is 5.84. The molecule has 0 unspecified atom stereocenters. The highest BCUT2D eigenvalue weighted by Gasteiger charge is 2.34. The van der Waals surface area contributed by atoms with Crippen LogP contribution in [0.15, 0.2) is 40.5 Å². The van der Waals surface area contributed by atoms with Gasteiger partial charge < -0.3 is 20.1 Å². The Morgan fingerprint density at radius 2 is 1.96 bits per heavy atom. The molecule has 0 amide bonds. The summed E-state index contributed by atoms with van der Waals surface area (Å²) in [5.41, 5.74) is 7.55. The minimum absolute atomic E-state index is 0.0197. The van der Waals surface area contributed by atoms with E-state index in [-0.39, 0.29) is 23.6 Å². The van der Waals surface area contributed by atoms with Crippen molar-refractivity contribution in [1.82, 2.24) is 4.57 Å². The Hall–Kier alpha value is -2.46. The summed E-state index contributed by atoms with van der Waals surface area (Å²) in [6.45, 7) is 3.72. The van der Waals surface area contributed by atoms with Gasteiger partial charge in [-0.15, -0.1) is 0 Å². The third-order valence-corrected chi connectivity index (χ3v) is 4.87. The van der Waals surface area contributed by atoms with E-state index in [2.05, 4.69) is 0 Å². The van der Waals surface area contributed by atoms with Crippen molar-refractivity contribution < 1.29 is 9.84 Å². The van der Waals surface area contributed by atoms with Gasteiger partial charge in [-0.25, -0.2) is 0 Å². The summed E-state index contributed by atoms with van der Waals surface area (Å²) in [7, 11) is 1.66. The predicted molar refractivity (Wildman–Crippen MR) is 105 cm³/mol. The topological polar surface area (TPSA) is 101 Å². The van der Waals surface area contributed by atoms with Crippen molar-refractivity contribution >= 4 is 23.2 Å². The summed E-state index contributed by atoms with van der Waals surface area (Å²) in [6, 6.07) is 8.74. The smallest absolute Gasteiger partial charge is 0.258 e. The van der Waals surface area contributed by atoms with Gasteiger partial charge in [0, 0.05) is 25.4 Å². The molecule has 0 spiro atoms. The van der Waals surface area contributed by atoms with Gasteiger partial charge in [-0.05, 0) is 31.5 Å². The maximum atomic E-state index is 12.8. The van der Waals surface area contributed by atoms with E-state index in [9.17, 15) is 10.1 Å². The van der Waals surface area contributed by atoms with Crippen LogP contribution in [0.4, 0.5) is 0 Å². The van der Waals surface area contributed by atoms with Crippen molar-refractivity contribution in [2.75, 3.05) is 6.61 Å². The molecule has 1 aromatic heterocycles. The van der Waals surface area contributed by atoms with Crippen LogP contribution in [0.2, 0.25) is 10.0 Å². The van der Waals surface area contributed by atoms with Crippen LogP contribution in [0.1, 0.15) is 29.7 Å². The number of hydrogen-bond donors (Lipinski definition) is 2. The molecule has 3 N–H and O–H groups in total. The molecule has 0 bridgehead atoms. The fraction of sp³-hybridized carbons (Fsp3) is 0.263. The van der Waals surface area contributed by atoms with Crippen molar-refractivity contribution in [2.45, 2.75) is 19.8 Å². The molecule has 0 fully saturated rings. The molecule has 0 saturated carbocycles. The quantitative estimate of drug-likeness (QED) is 0.755. The van der Waals surface area contributed by atoms with E-state index in [1.165, 1.54) is 4.57 Å². The van der Waals surface area contributed by atoms with Gasteiger partial charge in [0.2, 0.25) is 5.88 Å². The van der Waals surface area contributed by atoms with Gasteiger partial charge in [-0.3, -0.25) is 4.79 Å². The van der Waals surface area contributed by atoms with Crippen molar-refractivity contribution in [1.29, 1.82) is 5.26 Å². The van der Waals surface area contributed by atoms with Crippen LogP contribution in [-0.2, 0) is 7.05 Å². The highest BCUT2D eigenvalue weighted by atomic mass is 35.5. The lowest BCUT2D eigenvalue weighted by Crippen LogP contribution is -2.31. The molecule has 8 heteroatoms. The summed E-state index contributed by atoms with van der Waals surface area (Å²) < 4.78 is 7.02. The normalized spacial score (nSPS) is 15.2. The third-order valence-electron chi connectivity index (χ3n) is 4.13. The minimum Gasteiger partial charge on any atom is -0.440 e. The molecule has 2 aromatic rings. The predicted octanol–water partition coefficient (Wildman–Crippen LogP) is 3.22. The molecule has 1 aromatic carbocycles. The van der Waals surface area contributed by atoms with Crippen LogP contribution in [-0.4, -0.2) is 16.3 Å². The average molecular weight is 408 g/mol. The number of fused-ring (bicyclic) bond motifs is 1. The summed E-state index contributed by atoms with van der Waals surface area (Å²) in [4.78, 5) is 12.8. The molecule has 1 aliphatic heterocycles. The number of aliphatic hydroxyl groups is 1. The average Bonchev–Trinajstić information content (AvgIpc) is 2.62. The van der Waals surface area contributed by atoms with Gasteiger partial charge >= 0.3 is 0 Å². The summed E-state index contributed by atoms with van der Waals surface area (Å²) in [6.07, 6.45) is 0. The van der Waals surface area contributed by atoms with E-state index in [0.29, 0.717) is 26.9 Å². The molecule has 6 nitrogen and oxygen atoms in total. The van der Waals surface area contributed by atoms with Crippen LogP contribution >= 0.6 is 23.2 Å². The number of hydrogen-bond acceptors (Lipinski definition) is 5. The fourth-order valence-corrected chi connectivity index (χ4v) is 3.07. The molecule has 142 valence electrons. The number of pyridine rings is 1. The van der Waals surface area contributed by atoms with Crippen LogP contribution in [0, 0.1) is 18.3 Å². The monoisotopic (exact) mass is 407 g/mol. The molecule has 27 heavy (non-hydrogen) atoms. The number of nitriles is 1. The van der Waals surface area contributed by atoms with Crippen molar-refractivity contribution in [3.8, 4) is 11.8 Å². The van der Waals surface area contributed by atoms with Crippen LogP contribution in [0.25, 0.3) is 0 Å². The standard InChI is InChI=1S/C17H13Cl2N3O2.C2H6O/c1-8-5-13-15(17(23)22(8)2)14(10(7-20)16(21)24-13)9-3-4-11(18)12(19)6-9;1-2-3/h3-6,14H,21H2,1-2H3;3H,2H2,1H3/t14-;/m1./s1. The van der Waals surface area contributed by atoms with E-state index in [1.54, 1.807) is 45.2 Å². The molecule has 2 heterocycles. The van der Waals surface area contributed by atoms with E-state index in [0.717, 1.165) is 5.69 Å². The summed E-state index contributed by atoms with van der Waals surface area (Å²) >= 11 is 12.1. The van der Waals surface area contributed by atoms with E-state index >= 15 is 0 Å². The number of nitrogens with zero attached hydrogens (tertiary/aromatic N) is 2. The van der Waals surface area contributed by atoms with E-state index in [1.807, 2.05) is 6.07 Å². The Kier molecular flexibility index (Phi) is 6.55. The summed E-state index contributed by atoms with van der Waals surface area (Å²) in [5, 5.41) is 17.8. The van der Waals surface area contributed by atoms with Crippen molar-refractivity contribution in [2.24, 2.45) is 12.8 Å². The summed E-state index contributed by atoms with van der Waals surface area (Å²) in [5.74, 6) is -0.329.